The molecule has 0 aromatic carbocycles. The normalized spacial score (nSPS) is 16.4. The third-order valence-electron chi connectivity index (χ3n) is 6.71. The molecule has 14 nitrogen and oxygen atoms in total. The van der Waals surface area contributed by atoms with Crippen LogP contribution in [-0.2, 0) is 25.7 Å². The molecule has 4 N–H and O–H groups in total. The van der Waals surface area contributed by atoms with Crippen molar-refractivity contribution in [3.05, 3.63) is 64.7 Å². The van der Waals surface area contributed by atoms with Gasteiger partial charge in [0.15, 0.2) is 5.69 Å². The van der Waals surface area contributed by atoms with Crippen molar-refractivity contribution in [3.63, 3.8) is 0 Å². The van der Waals surface area contributed by atoms with E-state index < -0.39 is 23.9 Å². The molecular weight excluding hydrogens is 552 g/mol. The Labute approximate surface area is 241 Å². The van der Waals surface area contributed by atoms with Crippen LogP contribution in [-0.4, -0.2) is 91.9 Å². The highest BCUT2D eigenvalue weighted by Crippen LogP contribution is 2.28. The zero-order chi connectivity index (χ0) is 31.2. The van der Waals surface area contributed by atoms with E-state index in [9.17, 15) is 34.2 Å². The van der Waals surface area contributed by atoms with Crippen LogP contribution >= 0.6 is 0 Å². The van der Waals surface area contributed by atoms with E-state index in [0.29, 0.717) is 36.5 Å². The summed E-state index contributed by atoms with van der Waals surface area (Å²) in [5.74, 6) is -5.40. The molecule has 14 heteroatoms. The lowest BCUT2D eigenvalue weighted by Gasteiger charge is -2.32. The second-order valence-electron chi connectivity index (χ2n) is 9.77. The van der Waals surface area contributed by atoms with E-state index in [1.807, 2.05) is 33.4 Å². The fourth-order valence-electron chi connectivity index (χ4n) is 4.66. The summed E-state index contributed by atoms with van der Waals surface area (Å²) in [5, 5.41) is 43.6. The van der Waals surface area contributed by atoms with Crippen molar-refractivity contribution in [2.45, 2.75) is 44.7 Å². The summed E-state index contributed by atoms with van der Waals surface area (Å²) in [7, 11) is 2.13. The molecule has 228 valence electrons. The second kappa shape index (κ2) is 16.6. The van der Waals surface area contributed by atoms with Gasteiger partial charge in [-0.2, -0.15) is 8.97 Å². The lowest BCUT2D eigenvalue weighted by Crippen LogP contribution is -2.47. The monoisotopic (exact) mass is 588 g/mol. The standard InChI is InChI=1S/C20H28N4O2.2C4H4O4/c1-21-11-13-22(14-12-21)15-17-19(25)20(26)24(16-7-3-2-4-8-16)18-9-5-6-10-23(17)18;2*5-3(6)1-2-4(7)8/h5-6,9-10,16H,2-4,7-8,11-15H2,1H3;2*1-2H,(H,5,6)(H,7,8)/b;2-1+;2-1-. The molecule has 1 aliphatic heterocycles. The molecule has 1 saturated carbocycles. The quantitative estimate of drug-likeness (QED) is 0.242. The van der Waals surface area contributed by atoms with Gasteiger partial charge in [0.25, 0.3) is 11.4 Å². The van der Waals surface area contributed by atoms with Gasteiger partial charge in [0, 0.05) is 50.5 Å². The molecule has 0 radical (unpaired) electrons. The molecule has 1 saturated heterocycles. The van der Waals surface area contributed by atoms with Crippen LogP contribution < -0.4 is 15.1 Å². The number of aliphatic carboxylic acids is 4. The van der Waals surface area contributed by atoms with Crippen molar-refractivity contribution in [2.24, 2.45) is 0 Å². The van der Waals surface area contributed by atoms with Gasteiger partial charge in [-0.25, -0.2) is 19.2 Å². The van der Waals surface area contributed by atoms with E-state index in [1.54, 1.807) is 0 Å². The van der Waals surface area contributed by atoms with Gasteiger partial charge in [-0.1, -0.05) is 12.5 Å². The van der Waals surface area contributed by atoms with Crippen LogP contribution in [0.25, 0.3) is 5.65 Å². The van der Waals surface area contributed by atoms with Crippen LogP contribution in [0.2, 0.25) is 0 Å². The molecule has 3 heterocycles. The van der Waals surface area contributed by atoms with Gasteiger partial charge in [-0.05, 0) is 44.9 Å². The SMILES string of the molecule is CN1CCN(Cc2c(O)c(=O)n(C3CCCCC3)c3cccc[n+]23)CC1.O=C(O)/C=C/C(=O)O.O=C([O-])/C=C\C(=O)O. The number of hydrogen-bond acceptors (Lipinski definition) is 9. The van der Waals surface area contributed by atoms with Crippen LogP contribution in [0, 0.1) is 0 Å². The molecule has 0 amide bonds. The Morgan fingerprint density at radius 1 is 0.905 bits per heavy atom. The minimum Gasteiger partial charge on any atom is -0.545 e. The molecule has 0 bridgehead atoms. The molecular formula is C28H36N4O10. The molecule has 0 spiro atoms. The topological polar surface area (TPSA) is 205 Å². The molecule has 0 atom stereocenters. The smallest absolute Gasteiger partial charge is 0.380 e. The second-order valence-corrected chi connectivity index (χ2v) is 9.77. The van der Waals surface area contributed by atoms with Crippen LogP contribution in [0.4, 0.5) is 0 Å². The number of carbonyl (C=O) groups excluding carboxylic acids is 1. The first-order chi connectivity index (χ1) is 19.9. The maximum Gasteiger partial charge on any atom is 0.380 e. The van der Waals surface area contributed by atoms with Crippen LogP contribution in [0.3, 0.4) is 0 Å². The number of likely N-dealkylation sites (N-methyl/N-ethyl adjacent to an activating group) is 1. The van der Waals surface area contributed by atoms with Crippen molar-refractivity contribution in [2.75, 3.05) is 33.2 Å². The minimum absolute atomic E-state index is 0.0850. The van der Waals surface area contributed by atoms with Crippen molar-refractivity contribution >= 4 is 29.5 Å². The summed E-state index contributed by atoms with van der Waals surface area (Å²) in [4.78, 5) is 55.8. The molecule has 2 aromatic rings. The van der Waals surface area contributed by atoms with Gasteiger partial charge in [0.1, 0.15) is 6.04 Å². The summed E-state index contributed by atoms with van der Waals surface area (Å²) in [5.41, 5.74) is 1.38. The van der Waals surface area contributed by atoms with Crippen LogP contribution in [0.5, 0.6) is 5.75 Å². The van der Waals surface area contributed by atoms with Crippen LogP contribution in [0.15, 0.2) is 53.5 Å². The van der Waals surface area contributed by atoms with E-state index >= 15 is 0 Å². The van der Waals surface area contributed by atoms with Crippen molar-refractivity contribution < 1.29 is 49.1 Å². The Balaban J connectivity index is 0.000000319. The molecule has 2 aliphatic rings. The summed E-state index contributed by atoms with van der Waals surface area (Å²) >= 11 is 0. The number of pyridine rings is 1. The van der Waals surface area contributed by atoms with Gasteiger partial charge in [0.05, 0.1) is 18.7 Å². The van der Waals surface area contributed by atoms with E-state index in [1.165, 1.54) is 6.42 Å². The van der Waals surface area contributed by atoms with Crippen molar-refractivity contribution in [3.8, 4) is 5.75 Å². The van der Waals surface area contributed by atoms with Crippen molar-refractivity contribution in [1.82, 2.24) is 14.4 Å². The Morgan fingerprint density at radius 3 is 1.95 bits per heavy atom. The number of carboxylic acid groups (broad SMARTS) is 4. The average Bonchev–Trinajstić information content (AvgIpc) is 2.95. The number of aromatic nitrogens is 2. The third-order valence-corrected chi connectivity index (χ3v) is 6.71. The third kappa shape index (κ3) is 10.8. The van der Waals surface area contributed by atoms with Gasteiger partial charge in [0.2, 0.25) is 0 Å². The lowest BCUT2D eigenvalue weighted by molar-refractivity contribution is -0.529. The van der Waals surface area contributed by atoms with E-state index in [-0.39, 0.29) is 17.4 Å². The Kier molecular flexibility index (Phi) is 13.3. The number of rotatable bonds is 7. The number of carboxylic acids is 4. The maximum atomic E-state index is 13.1. The summed E-state index contributed by atoms with van der Waals surface area (Å²) in [6.45, 7) is 4.55. The average molecular weight is 589 g/mol. The number of hydrogen-bond donors (Lipinski definition) is 4. The van der Waals surface area contributed by atoms with Crippen LogP contribution in [0.1, 0.15) is 43.8 Å². The predicted octanol–water partition coefficient (Wildman–Crippen LogP) is -0.366. The first kappa shape index (κ1) is 33.6. The first-order valence-corrected chi connectivity index (χ1v) is 13.3. The Bertz CT molecular complexity index is 1300. The summed E-state index contributed by atoms with van der Waals surface area (Å²) < 4.78 is 3.85. The molecule has 2 fully saturated rings. The van der Waals surface area contributed by atoms with E-state index in [2.05, 4.69) is 16.8 Å². The first-order valence-electron chi connectivity index (χ1n) is 13.3. The minimum atomic E-state index is -1.51. The van der Waals surface area contributed by atoms with Gasteiger partial charge in [-0.3, -0.25) is 4.90 Å². The van der Waals surface area contributed by atoms with Gasteiger partial charge < -0.3 is 35.2 Å². The van der Waals surface area contributed by atoms with E-state index in [0.717, 1.165) is 57.5 Å². The Morgan fingerprint density at radius 2 is 1.45 bits per heavy atom. The number of aromatic hydroxyl groups is 1. The molecule has 0 unspecified atom stereocenters. The predicted molar refractivity (Wildman–Crippen MR) is 147 cm³/mol. The highest BCUT2D eigenvalue weighted by molar-refractivity contribution is 5.89. The fraction of sp³-hybridized carbons (Fsp3) is 0.429. The van der Waals surface area contributed by atoms with Gasteiger partial charge in [-0.15, -0.1) is 0 Å². The molecule has 42 heavy (non-hydrogen) atoms. The number of piperazine rings is 1. The number of nitrogens with zero attached hydrogens (tertiary/aromatic N) is 4. The lowest BCUT2D eigenvalue weighted by atomic mass is 9.95. The zero-order valence-corrected chi connectivity index (χ0v) is 23.3. The highest BCUT2D eigenvalue weighted by Gasteiger charge is 2.30. The van der Waals surface area contributed by atoms with Gasteiger partial charge >= 0.3 is 23.5 Å². The molecule has 2 aromatic heterocycles. The Hall–Kier alpha value is -4.56. The zero-order valence-electron chi connectivity index (χ0n) is 23.3. The molecule has 4 rings (SSSR count). The maximum absolute atomic E-state index is 13.1. The summed E-state index contributed by atoms with van der Waals surface area (Å²) in [6, 6.07) is 6.14. The number of carbonyl (C=O) groups is 4. The summed E-state index contributed by atoms with van der Waals surface area (Å²) in [6.07, 6.45) is 9.61. The molecule has 1 aliphatic carbocycles. The highest BCUT2D eigenvalue weighted by atomic mass is 16.4. The largest absolute Gasteiger partial charge is 0.545 e. The van der Waals surface area contributed by atoms with E-state index in [4.69, 9.17) is 15.3 Å². The number of fused-ring (bicyclic) bond motifs is 1. The van der Waals surface area contributed by atoms with Crippen molar-refractivity contribution in [1.29, 1.82) is 0 Å². The fourth-order valence-corrected chi connectivity index (χ4v) is 4.66.